The van der Waals surface area contributed by atoms with Crippen LogP contribution in [0.15, 0.2) is 58.3 Å². The normalized spacial score (nSPS) is 12.2. The third-order valence-electron chi connectivity index (χ3n) is 2.85. The molecule has 2 rings (SSSR count). The molecule has 0 unspecified atom stereocenters. The number of alkyl halides is 3. The van der Waals surface area contributed by atoms with E-state index in [4.69, 9.17) is 4.74 Å². The van der Waals surface area contributed by atoms with Gasteiger partial charge in [0.2, 0.25) is 9.84 Å². The molecule has 0 fully saturated rings. The van der Waals surface area contributed by atoms with Crippen molar-refractivity contribution >= 4 is 9.84 Å². The monoisotopic (exact) mass is 316 g/mol. The number of ether oxygens (including phenoxy) is 1. The van der Waals surface area contributed by atoms with Crippen LogP contribution < -0.4 is 4.74 Å². The van der Waals surface area contributed by atoms with Gasteiger partial charge >= 0.3 is 6.18 Å². The van der Waals surface area contributed by atoms with E-state index in [1.54, 1.807) is 0 Å². The molecule has 0 amide bonds. The third kappa shape index (κ3) is 3.02. The Morgan fingerprint density at radius 3 is 2.05 bits per heavy atom. The Bertz CT molecular complexity index is 735. The SMILES string of the molecule is COc1ccc(S(=O)(=O)c2ccccc2C(F)(F)F)cc1. The third-order valence-corrected chi connectivity index (χ3v) is 4.68. The van der Waals surface area contributed by atoms with Gasteiger partial charge in [-0.25, -0.2) is 8.42 Å². The Kier molecular flexibility index (Phi) is 3.95. The fourth-order valence-electron chi connectivity index (χ4n) is 1.82. The second kappa shape index (κ2) is 5.40. The molecule has 0 saturated heterocycles. The quantitative estimate of drug-likeness (QED) is 0.870. The van der Waals surface area contributed by atoms with Crippen molar-refractivity contribution in [1.29, 1.82) is 0 Å². The fourth-order valence-corrected chi connectivity index (χ4v) is 3.30. The molecule has 0 aliphatic heterocycles. The van der Waals surface area contributed by atoms with Gasteiger partial charge in [-0.1, -0.05) is 12.1 Å². The molecule has 2 aromatic rings. The van der Waals surface area contributed by atoms with E-state index >= 15 is 0 Å². The molecular weight excluding hydrogens is 305 g/mol. The molecule has 3 nitrogen and oxygen atoms in total. The highest BCUT2D eigenvalue weighted by Gasteiger charge is 2.37. The molecular formula is C14H11F3O3S. The second-order valence-corrected chi connectivity index (χ2v) is 6.09. The zero-order chi connectivity index (χ0) is 15.7. The van der Waals surface area contributed by atoms with Gasteiger partial charge < -0.3 is 4.74 Å². The minimum atomic E-state index is -4.74. The van der Waals surface area contributed by atoms with Crippen molar-refractivity contribution in [2.75, 3.05) is 7.11 Å². The van der Waals surface area contributed by atoms with Crippen LogP contribution in [0.2, 0.25) is 0 Å². The van der Waals surface area contributed by atoms with Gasteiger partial charge in [-0.2, -0.15) is 13.2 Å². The van der Waals surface area contributed by atoms with Gasteiger partial charge in [-0.05, 0) is 36.4 Å². The fraction of sp³-hybridized carbons (Fsp3) is 0.143. The highest BCUT2D eigenvalue weighted by atomic mass is 32.2. The lowest BCUT2D eigenvalue weighted by molar-refractivity contribution is -0.139. The van der Waals surface area contributed by atoms with E-state index < -0.39 is 26.5 Å². The van der Waals surface area contributed by atoms with Gasteiger partial charge in [0.05, 0.1) is 22.5 Å². The summed E-state index contributed by atoms with van der Waals surface area (Å²) < 4.78 is 68.4. The molecule has 7 heteroatoms. The summed E-state index contributed by atoms with van der Waals surface area (Å²) in [7, 11) is -2.85. The lowest BCUT2D eigenvalue weighted by Crippen LogP contribution is -2.13. The first-order valence-electron chi connectivity index (χ1n) is 5.82. The van der Waals surface area contributed by atoms with E-state index in [9.17, 15) is 21.6 Å². The van der Waals surface area contributed by atoms with Crippen LogP contribution in [0, 0.1) is 0 Å². The first-order valence-corrected chi connectivity index (χ1v) is 7.30. The predicted molar refractivity (Wildman–Crippen MR) is 69.9 cm³/mol. The number of benzene rings is 2. The predicted octanol–water partition coefficient (Wildman–Crippen LogP) is 3.55. The highest BCUT2D eigenvalue weighted by molar-refractivity contribution is 7.91. The maximum Gasteiger partial charge on any atom is 0.417 e. The Morgan fingerprint density at radius 2 is 1.52 bits per heavy atom. The summed E-state index contributed by atoms with van der Waals surface area (Å²) in [6, 6.07) is 9.27. The molecule has 112 valence electrons. The van der Waals surface area contributed by atoms with Gasteiger partial charge in [-0.3, -0.25) is 0 Å². The minimum absolute atomic E-state index is 0.222. The summed E-state index contributed by atoms with van der Waals surface area (Å²) >= 11 is 0. The van der Waals surface area contributed by atoms with E-state index in [2.05, 4.69) is 0 Å². The lowest BCUT2D eigenvalue weighted by atomic mass is 10.2. The summed E-state index contributed by atoms with van der Waals surface area (Å²) in [5, 5.41) is 0. The first-order chi connectivity index (χ1) is 9.76. The van der Waals surface area contributed by atoms with Crippen molar-refractivity contribution in [2.45, 2.75) is 16.0 Å². The van der Waals surface area contributed by atoms with Crippen LogP contribution in [-0.2, 0) is 16.0 Å². The van der Waals surface area contributed by atoms with Gasteiger partial charge in [0.15, 0.2) is 0 Å². The summed E-state index contributed by atoms with van der Waals surface area (Å²) in [5.41, 5.74) is -1.18. The number of rotatable bonds is 3. The Morgan fingerprint density at radius 1 is 0.952 bits per heavy atom. The van der Waals surface area contributed by atoms with E-state index in [1.165, 1.54) is 37.4 Å². The molecule has 0 heterocycles. The van der Waals surface area contributed by atoms with Gasteiger partial charge in [-0.15, -0.1) is 0 Å². The number of hydrogen-bond donors (Lipinski definition) is 0. The van der Waals surface area contributed by atoms with Crippen molar-refractivity contribution in [3.63, 3.8) is 0 Å². The van der Waals surface area contributed by atoms with Crippen LogP contribution >= 0.6 is 0 Å². The van der Waals surface area contributed by atoms with Crippen LogP contribution in [0.5, 0.6) is 5.75 Å². The van der Waals surface area contributed by atoms with E-state index in [0.717, 1.165) is 18.2 Å². The van der Waals surface area contributed by atoms with Crippen molar-refractivity contribution in [3.8, 4) is 5.75 Å². The molecule has 0 spiro atoms. The van der Waals surface area contributed by atoms with Crippen LogP contribution in [0.3, 0.4) is 0 Å². The number of sulfone groups is 1. The molecule has 0 N–H and O–H groups in total. The first kappa shape index (κ1) is 15.4. The summed E-state index contributed by atoms with van der Waals surface area (Å²) in [5.74, 6) is 0.415. The van der Waals surface area contributed by atoms with Crippen LogP contribution in [0.1, 0.15) is 5.56 Å². The van der Waals surface area contributed by atoms with Crippen molar-refractivity contribution in [2.24, 2.45) is 0 Å². The smallest absolute Gasteiger partial charge is 0.417 e. The molecule has 0 bridgehead atoms. The van der Waals surface area contributed by atoms with Crippen molar-refractivity contribution in [1.82, 2.24) is 0 Å². The van der Waals surface area contributed by atoms with E-state index in [1.807, 2.05) is 0 Å². The summed E-state index contributed by atoms with van der Waals surface area (Å²) in [6.07, 6.45) is -4.74. The molecule has 0 radical (unpaired) electrons. The molecule has 0 atom stereocenters. The maximum absolute atomic E-state index is 12.9. The molecule has 0 aliphatic carbocycles. The summed E-state index contributed by atoms with van der Waals surface area (Å²) in [6.45, 7) is 0. The minimum Gasteiger partial charge on any atom is -0.497 e. The van der Waals surface area contributed by atoms with Crippen molar-refractivity contribution in [3.05, 3.63) is 54.1 Å². The highest BCUT2D eigenvalue weighted by Crippen LogP contribution is 2.36. The lowest BCUT2D eigenvalue weighted by Gasteiger charge is -2.13. The topological polar surface area (TPSA) is 43.4 Å². The molecule has 2 aromatic carbocycles. The number of methoxy groups -OCH3 is 1. The largest absolute Gasteiger partial charge is 0.497 e. The van der Waals surface area contributed by atoms with Gasteiger partial charge in [0, 0.05) is 0 Å². The maximum atomic E-state index is 12.9. The average Bonchev–Trinajstić information content (AvgIpc) is 2.46. The van der Waals surface area contributed by atoms with E-state index in [0.29, 0.717) is 5.75 Å². The molecule has 21 heavy (non-hydrogen) atoms. The zero-order valence-electron chi connectivity index (χ0n) is 10.9. The van der Waals surface area contributed by atoms with Gasteiger partial charge in [0.1, 0.15) is 5.75 Å². The van der Waals surface area contributed by atoms with Crippen LogP contribution in [0.25, 0.3) is 0 Å². The molecule has 0 aliphatic rings. The van der Waals surface area contributed by atoms with Crippen molar-refractivity contribution < 1.29 is 26.3 Å². The van der Waals surface area contributed by atoms with E-state index in [-0.39, 0.29) is 4.90 Å². The van der Waals surface area contributed by atoms with Gasteiger partial charge in [0.25, 0.3) is 0 Å². The Labute approximate surface area is 119 Å². The molecule has 0 saturated carbocycles. The Balaban J connectivity index is 2.59. The van der Waals surface area contributed by atoms with Crippen LogP contribution in [-0.4, -0.2) is 15.5 Å². The Hall–Kier alpha value is -2.02. The average molecular weight is 316 g/mol. The molecule has 0 aromatic heterocycles. The number of hydrogen-bond acceptors (Lipinski definition) is 3. The standard InChI is InChI=1S/C14H11F3O3S/c1-20-10-6-8-11(9-7-10)21(18,19)13-5-3-2-4-12(13)14(15,16)17/h2-9H,1H3. The second-order valence-electron chi connectivity index (χ2n) is 4.17. The number of halogens is 3. The van der Waals surface area contributed by atoms with Crippen LogP contribution in [0.4, 0.5) is 13.2 Å². The summed E-state index contributed by atoms with van der Waals surface area (Å²) in [4.78, 5) is -0.984. The zero-order valence-corrected chi connectivity index (χ0v) is 11.7.